The minimum atomic E-state index is -0.343. The predicted molar refractivity (Wildman–Crippen MR) is 115 cm³/mol. The van der Waals surface area contributed by atoms with Crippen LogP contribution in [-0.4, -0.2) is 50.6 Å². The number of halogens is 1. The lowest BCUT2D eigenvalue weighted by Gasteiger charge is -2.25. The van der Waals surface area contributed by atoms with Crippen molar-refractivity contribution in [2.45, 2.75) is 38.1 Å². The van der Waals surface area contributed by atoms with Gasteiger partial charge in [0, 0.05) is 31.4 Å². The van der Waals surface area contributed by atoms with Gasteiger partial charge in [0.15, 0.2) is 0 Å². The van der Waals surface area contributed by atoms with Crippen LogP contribution in [0.5, 0.6) is 0 Å². The fourth-order valence-corrected chi connectivity index (χ4v) is 4.59. The number of hydrogen-bond donors (Lipinski definition) is 1. The Morgan fingerprint density at radius 2 is 1.97 bits per heavy atom. The molecule has 7 nitrogen and oxygen atoms in total. The summed E-state index contributed by atoms with van der Waals surface area (Å²) in [6.07, 6.45) is 7.65. The van der Waals surface area contributed by atoms with Gasteiger partial charge in [-0.1, -0.05) is 18.2 Å². The molecule has 160 valence electrons. The van der Waals surface area contributed by atoms with Gasteiger partial charge in [-0.15, -0.1) is 0 Å². The van der Waals surface area contributed by atoms with Crippen LogP contribution in [0.25, 0.3) is 11.3 Å². The third-order valence-corrected chi connectivity index (χ3v) is 6.18. The molecule has 2 aliphatic rings. The van der Waals surface area contributed by atoms with E-state index in [1.807, 2.05) is 11.0 Å². The van der Waals surface area contributed by atoms with E-state index in [4.69, 9.17) is 4.98 Å². The Labute approximate surface area is 180 Å². The zero-order valence-corrected chi connectivity index (χ0v) is 17.3. The fraction of sp³-hybridized carbons (Fsp3) is 0.391. The van der Waals surface area contributed by atoms with E-state index >= 15 is 0 Å². The van der Waals surface area contributed by atoms with Crippen LogP contribution in [-0.2, 0) is 11.2 Å². The highest BCUT2D eigenvalue weighted by Gasteiger charge is 2.33. The molecule has 31 heavy (non-hydrogen) atoms. The van der Waals surface area contributed by atoms with Crippen LogP contribution in [0, 0.1) is 5.82 Å². The van der Waals surface area contributed by atoms with Gasteiger partial charge in [-0.3, -0.25) is 9.89 Å². The topological polar surface area (TPSA) is 78.0 Å². The van der Waals surface area contributed by atoms with E-state index in [1.54, 1.807) is 30.6 Å². The number of nitrogens with zero attached hydrogens (tertiary/aromatic N) is 5. The van der Waals surface area contributed by atoms with E-state index in [0.717, 1.165) is 61.7 Å². The molecule has 1 aromatic carbocycles. The second-order valence-corrected chi connectivity index (χ2v) is 8.15. The van der Waals surface area contributed by atoms with E-state index in [9.17, 15) is 9.18 Å². The standard InChI is InChI=1S/C23H25FN6O/c24-18-7-2-1-6-16(18)14-21(31)30-13-5-8-20(30)22-17(15-26-28-22)19-9-10-25-23(27-19)29-11-3-4-12-29/h1-2,6-7,9-10,15,20H,3-5,8,11-14H2,(H,26,28)/t20-/m1/s1. The van der Waals surface area contributed by atoms with Gasteiger partial charge in [-0.25, -0.2) is 14.4 Å². The molecule has 0 saturated carbocycles. The van der Waals surface area contributed by atoms with Crippen LogP contribution in [0.15, 0.2) is 42.7 Å². The van der Waals surface area contributed by atoms with Crippen LogP contribution in [0.4, 0.5) is 10.3 Å². The van der Waals surface area contributed by atoms with Crippen LogP contribution < -0.4 is 4.90 Å². The summed E-state index contributed by atoms with van der Waals surface area (Å²) in [7, 11) is 0. The molecule has 1 N–H and O–H groups in total. The molecule has 5 rings (SSSR count). The number of aromatic nitrogens is 4. The number of amides is 1. The van der Waals surface area contributed by atoms with E-state index in [0.29, 0.717) is 12.1 Å². The summed E-state index contributed by atoms with van der Waals surface area (Å²) in [4.78, 5) is 26.3. The molecule has 0 radical (unpaired) electrons. The molecule has 1 amide bonds. The molecule has 8 heteroatoms. The summed E-state index contributed by atoms with van der Waals surface area (Å²) in [5, 5.41) is 7.37. The van der Waals surface area contributed by atoms with Crippen molar-refractivity contribution in [3.8, 4) is 11.3 Å². The van der Waals surface area contributed by atoms with E-state index in [2.05, 4.69) is 20.1 Å². The molecule has 2 fully saturated rings. The summed E-state index contributed by atoms with van der Waals surface area (Å²) in [5.74, 6) is 0.318. The summed E-state index contributed by atoms with van der Waals surface area (Å²) in [5.41, 5.74) is 2.99. The molecule has 1 atom stereocenters. The highest BCUT2D eigenvalue weighted by Crippen LogP contribution is 2.36. The van der Waals surface area contributed by atoms with Gasteiger partial charge in [0.2, 0.25) is 11.9 Å². The van der Waals surface area contributed by atoms with Crippen molar-refractivity contribution >= 4 is 11.9 Å². The molecule has 4 heterocycles. The van der Waals surface area contributed by atoms with Crippen LogP contribution in [0.2, 0.25) is 0 Å². The zero-order chi connectivity index (χ0) is 21.2. The SMILES string of the molecule is O=C(Cc1ccccc1F)N1CCC[C@@H]1c1[nH]ncc1-c1ccnc(N2CCCC2)n1. The van der Waals surface area contributed by atoms with Crippen molar-refractivity contribution in [1.82, 2.24) is 25.1 Å². The van der Waals surface area contributed by atoms with Crippen molar-refractivity contribution in [2.24, 2.45) is 0 Å². The van der Waals surface area contributed by atoms with Crippen LogP contribution in [0.3, 0.4) is 0 Å². The molecular formula is C23H25FN6O. The Morgan fingerprint density at radius 1 is 1.13 bits per heavy atom. The van der Waals surface area contributed by atoms with E-state index in [-0.39, 0.29) is 24.2 Å². The Hall–Kier alpha value is -3.29. The molecule has 0 aliphatic carbocycles. The highest BCUT2D eigenvalue weighted by molar-refractivity contribution is 5.80. The van der Waals surface area contributed by atoms with E-state index in [1.165, 1.54) is 6.07 Å². The molecule has 0 bridgehead atoms. The maximum absolute atomic E-state index is 14.1. The Morgan fingerprint density at radius 3 is 2.81 bits per heavy atom. The fourth-order valence-electron chi connectivity index (χ4n) is 4.59. The van der Waals surface area contributed by atoms with Crippen molar-refractivity contribution in [2.75, 3.05) is 24.5 Å². The average Bonchev–Trinajstić information content (AvgIpc) is 3.56. The first kappa shape index (κ1) is 19.7. The number of aromatic amines is 1. The van der Waals surface area contributed by atoms with Crippen LogP contribution in [0.1, 0.15) is 43.0 Å². The number of likely N-dealkylation sites (tertiary alicyclic amines) is 1. The summed E-state index contributed by atoms with van der Waals surface area (Å²) in [6, 6.07) is 8.21. The normalized spacial score (nSPS) is 18.7. The van der Waals surface area contributed by atoms with Crippen molar-refractivity contribution in [3.63, 3.8) is 0 Å². The number of nitrogens with one attached hydrogen (secondary N) is 1. The number of rotatable bonds is 5. The van der Waals surface area contributed by atoms with Crippen molar-refractivity contribution in [1.29, 1.82) is 0 Å². The third kappa shape index (κ3) is 3.89. The first-order valence-corrected chi connectivity index (χ1v) is 10.9. The van der Waals surface area contributed by atoms with Crippen LogP contribution >= 0.6 is 0 Å². The monoisotopic (exact) mass is 420 g/mol. The summed E-state index contributed by atoms with van der Waals surface area (Å²) in [6.45, 7) is 2.60. The van der Waals surface area contributed by atoms with E-state index < -0.39 is 0 Å². The maximum atomic E-state index is 14.1. The predicted octanol–water partition coefficient (Wildman–Crippen LogP) is 3.51. The second kappa shape index (κ2) is 8.45. The first-order chi connectivity index (χ1) is 15.2. The van der Waals surface area contributed by atoms with Crippen molar-refractivity contribution < 1.29 is 9.18 Å². The minimum absolute atomic E-state index is 0.0548. The number of carbonyl (C=O) groups is 1. The number of carbonyl (C=O) groups excluding carboxylic acids is 1. The van der Waals surface area contributed by atoms with Gasteiger partial charge >= 0.3 is 0 Å². The molecule has 0 spiro atoms. The minimum Gasteiger partial charge on any atom is -0.341 e. The average molecular weight is 420 g/mol. The number of hydrogen-bond acceptors (Lipinski definition) is 5. The lowest BCUT2D eigenvalue weighted by atomic mass is 10.0. The second-order valence-electron chi connectivity index (χ2n) is 8.15. The molecule has 2 aliphatic heterocycles. The lowest BCUT2D eigenvalue weighted by Crippen LogP contribution is -2.32. The number of anilines is 1. The van der Waals surface area contributed by atoms with Gasteiger partial charge in [0.05, 0.1) is 30.0 Å². The quantitative estimate of drug-likeness (QED) is 0.683. The highest BCUT2D eigenvalue weighted by atomic mass is 19.1. The smallest absolute Gasteiger partial charge is 0.227 e. The number of H-pyrrole nitrogens is 1. The molecule has 2 aromatic heterocycles. The first-order valence-electron chi connectivity index (χ1n) is 10.9. The van der Waals surface area contributed by atoms with Gasteiger partial charge in [-0.05, 0) is 43.4 Å². The number of benzene rings is 1. The molecule has 2 saturated heterocycles. The van der Waals surface area contributed by atoms with Gasteiger partial charge < -0.3 is 9.80 Å². The Kier molecular flexibility index (Phi) is 5.36. The third-order valence-electron chi connectivity index (χ3n) is 6.18. The summed E-state index contributed by atoms with van der Waals surface area (Å²) >= 11 is 0. The van der Waals surface area contributed by atoms with Gasteiger partial charge in [0.25, 0.3) is 0 Å². The molecular weight excluding hydrogens is 395 g/mol. The maximum Gasteiger partial charge on any atom is 0.227 e. The Balaban J connectivity index is 1.40. The Bertz CT molecular complexity index is 1080. The summed E-state index contributed by atoms with van der Waals surface area (Å²) < 4.78 is 14.1. The molecule has 3 aromatic rings. The zero-order valence-electron chi connectivity index (χ0n) is 17.3. The van der Waals surface area contributed by atoms with Gasteiger partial charge in [0.1, 0.15) is 5.82 Å². The lowest BCUT2D eigenvalue weighted by molar-refractivity contribution is -0.131. The van der Waals surface area contributed by atoms with Crippen molar-refractivity contribution in [3.05, 3.63) is 59.8 Å². The largest absolute Gasteiger partial charge is 0.341 e. The van der Waals surface area contributed by atoms with Gasteiger partial charge in [-0.2, -0.15) is 5.10 Å². The molecule has 0 unspecified atom stereocenters.